The number of carboxylic acid groups (broad SMARTS) is 1. The van der Waals surface area contributed by atoms with Crippen molar-refractivity contribution in [3.8, 4) is 0 Å². The zero-order valence-electron chi connectivity index (χ0n) is 13.2. The SMILES string of the molecule is CS(=O)(=O)Nc1ccc(/C(=C/c2c[nH]c3ncccc23)C(=O)O)cc1. The van der Waals surface area contributed by atoms with Crippen molar-refractivity contribution in [1.82, 2.24) is 9.97 Å². The summed E-state index contributed by atoms with van der Waals surface area (Å²) in [5, 5.41) is 10.4. The lowest BCUT2D eigenvalue weighted by molar-refractivity contribution is -0.130. The first-order valence-corrected chi connectivity index (χ1v) is 9.18. The van der Waals surface area contributed by atoms with E-state index in [2.05, 4.69) is 14.7 Å². The molecule has 3 aromatic rings. The van der Waals surface area contributed by atoms with Gasteiger partial charge in [0.05, 0.1) is 11.8 Å². The van der Waals surface area contributed by atoms with Crippen molar-refractivity contribution in [2.75, 3.05) is 11.0 Å². The highest BCUT2D eigenvalue weighted by Gasteiger charge is 2.13. The first-order chi connectivity index (χ1) is 11.8. The molecule has 0 fully saturated rings. The Hall–Kier alpha value is -3.13. The number of H-pyrrole nitrogens is 1. The maximum absolute atomic E-state index is 11.7. The van der Waals surface area contributed by atoms with Crippen LogP contribution in [0.25, 0.3) is 22.7 Å². The van der Waals surface area contributed by atoms with Crippen LogP contribution >= 0.6 is 0 Å². The number of hydrogen-bond acceptors (Lipinski definition) is 4. The molecule has 0 aliphatic carbocycles. The number of carbonyl (C=O) groups is 1. The maximum Gasteiger partial charge on any atom is 0.336 e. The summed E-state index contributed by atoms with van der Waals surface area (Å²) in [6.45, 7) is 0. The summed E-state index contributed by atoms with van der Waals surface area (Å²) >= 11 is 0. The van der Waals surface area contributed by atoms with Gasteiger partial charge in [-0.3, -0.25) is 4.72 Å². The first kappa shape index (κ1) is 16.7. The third-order valence-electron chi connectivity index (χ3n) is 3.51. The smallest absolute Gasteiger partial charge is 0.336 e. The number of anilines is 1. The number of sulfonamides is 1. The molecular formula is C17H15N3O4S. The second-order valence-electron chi connectivity index (χ2n) is 5.46. The van der Waals surface area contributed by atoms with Gasteiger partial charge in [-0.15, -0.1) is 0 Å². The van der Waals surface area contributed by atoms with E-state index in [-0.39, 0.29) is 5.57 Å². The van der Waals surface area contributed by atoms with Crippen molar-refractivity contribution < 1.29 is 18.3 Å². The lowest BCUT2D eigenvalue weighted by Crippen LogP contribution is -2.09. The quantitative estimate of drug-likeness (QED) is 0.608. The first-order valence-electron chi connectivity index (χ1n) is 7.29. The number of fused-ring (bicyclic) bond motifs is 1. The molecule has 25 heavy (non-hydrogen) atoms. The van der Waals surface area contributed by atoms with Crippen LogP contribution in [-0.4, -0.2) is 35.7 Å². The Morgan fingerprint density at radius 1 is 1.24 bits per heavy atom. The number of pyridine rings is 1. The average Bonchev–Trinajstić information content (AvgIpc) is 2.95. The van der Waals surface area contributed by atoms with E-state index < -0.39 is 16.0 Å². The summed E-state index contributed by atoms with van der Waals surface area (Å²) in [5.74, 6) is -1.08. The van der Waals surface area contributed by atoms with E-state index in [1.165, 1.54) is 12.1 Å². The van der Waals surface area contributed by atoms with Gasteiger partial charge >= 0.3 is 5.97 Å². The van der Waals surface area contributed by atoms with Crippen LogP contribution < -0.4 is 4.72 Å². The Bertz CT molecular complexity index is 1070. The standard InChI is InChI=1S/C17H15N3O4S/c1-25(23,24)20-13-6-4-11(5-7-13)15(17(21)22)9-12-10-19-16-14(12)3-2-8-18-16/h2-10,20H,1H3,(H,18,19)(H,21,22)/b15-9-. The minimum absolute atomic E-state index is 0.0932. The van der Waals surface area contributed by atoms with E-state index in [1.807, 2.05) is 6.07 Å². The summed E-state index contributed by atoms with van der Waals surface area (Å²) in [5.41, 5.74) is 2.30. The predicted octanol–water partition coefficient (Wildman–Crippen LogP) is 2.56. The zero-order valence-corrected chi connectivity index (χ0v) is 14.0. The van der Waals surface area contributed by atoms with Crippen molar-refractivity contribution >= 4 is 44.4 Å². The number of hydrogen-bond donors (Lipinski definition) is 3. The number of benzene rings is 1. The Balaban J connectivity index is 2.00. The molecule has 0 aliphatic rings. The van der Waals surface area contributed by atoms with Gasteiger partial charge in [0.2, 0.25) is 10.0 Å². The number of nitrogens with one attached hydrogen (secondary N) is 2. The highest BCUT2D eigenvalue weighted by molar-refractivity contribution is 7.92. The molecule has 0 atom stereocenters. The van der Waals surface area contributed by atoms with E-state index >= 15 is 0 Å². The summed E-state index contributed by atoms with van der Waals surface area (Å²) in [4.78, 5) is 18.8. The van der Waals surface area contributed by atoms with Gasteiger partial charge in [0.25, 0.3) is 0 Å². The van der Waals surface area contributed by atoms with Gasteiger partial charge in [-0.1, -0.05) is 12.1 Å². The number of aromatic nitrogens is 2. The van der Waals surface area contributed by atoms with Crippen LogP contribution in [0.5, 0.6) is 0 Å². The number of carboxylic acids is 1. The van der Waals surface area contributed by atoms with Crippen molar-refractivity contribution in [2.45, 2.75) is 0 Å². The van der Waals surface area contributed by atoms with Crippen molar-refractivity contribution in [2.24, 2.45) is 0 Å². The molecular weight excluding hydrogens is 342 g/mol. The molecule has 2 aromatic heterocycles. The number of aromatic amines is 1. The van der Waals surface area contributed by atoms with Gasteiger partial charge in [-0.2, -0.15) is 0 Å². The molecule has 0 saturated carbocycles. The van der Waals surface area contributed by atoms with Crippen LogP contribution in [0.4, 0.5) is 5.69 Å². The minimum atomic E-state index is -3.38. The monoisotopic (exact) mass is 357 g/mol. The predicted molar refractivity (Wildman–Crippen MR) is 96.5 cm³/mol. The lowest BCUT2D eigenvalue weighted by atomic mass is 10.0. The van der Waals surface area contributed by atoms with Gasteiger partial charge in [-0.05, 0) is 35.9 Å². The maximum atomic E-state index is 11.7. The van der Waals surface area contributed by atoms with E-state index in [9.17, 15) is 18.3 Å². The van der Waals surface area contributed by atoms with E-state index in [0.29, 0.717) is 22.5 Å². The Kier molecular flexibility index (Phi) is 4.28. The second kappa shape index (κ2) is 6.40. The van der Waals surface area contributed by atoms with E-state index in [4.69, 9.17) is 0 Å². The molecule has 1 aromatic carbocycles. The van der Waals surface area contributed by atoms with Crippen LogP contribution in [0.1, 0.15) is 11.1 Å². The lowest BCUT2D eigenvalue weighted by Gasteiger charge is -2.06. The summed E-state index contributed by atoms with van der Waals surface area (Å²) in [6.07, 6.45) is 5.95. The molecule has 3 N–H and O–H groups in total. The summed E-state index contributed by atoms with van der Waals surface area (Å²) < 4.78 is 24.8. The molecule has 0 aliphatic heterocycles. The molecule has 0 amide bonds. The topological polar surface area (TPSA) is 112 Å². The number of rotatable bonds is 5. The third kappa shape index (κ3) is 3.86. The van der Waals surface area contributed by atoms with E-state index in [1.54, 1.807) is 36.7 Å². The van der Waals surface area contributed by atoms with Gasteiger partial charge in [0.15, 0.2) is 0 Å². The van der Waals surface area contributed by atoms with Gasteiger partial charge < -0.3 is 10.1 Å². The Morgan fingerprint density at radius 3 is 2.60 bits per heavy atom. The summed E-state index contributed by atoms with van der Waals surface area (Å²) in [6, 6.07) is 9.78. The fraction of sp³-hybridized carbons (Fsp3) is 0.0588. The molecule has 0 spiro atoms. The molecule has 7 nitrogen and oxygen atoms in total. The number of nitrogens with zero attached hydrogens (tertiary/aromatic N) is 1. The molecule has 0 unspecified atom stereocenters. The fourth-order valence-electron chi connectivity index (χ4n) is 2.45. The molecule has 8 heteroatoms. The minimum Gasteiger partial charge on any atom is -0.478 e. The van der Waals surface area contributed by atoms with Crippen LogP contribution in [0.3, 0.4) is 0 Å². The molecule has 0 bridgehead atoms. The van der Waals surface area contributed by atoms with Crippen molar-refractivity contribution in [3.05, 3.63) is 59.9 Å². The highest BCUT2D eigenvalue weighted by atomic mass is 32.2. The van der Waals surface area contributed by atoms with Crippen molar-refractivity contribution in [1.29, 1.82) is 0 Å². The Morgan fingerprint density at radius 2 is 1.96 bits per heavy atom. The molecule has 0 radical (unpaired) electrons. The zero-order chi connectivity index (χ0) is 18.0. The van der Waals surface area contributed by atoms with Gasteiger partial charge in [-0.25, -0.2) is 18.2 Å². The van der Waals surface area contributed by atoms with Crippen LogP contribution in [0, 0.1) is 0 Å². The molecule has 0 saturated heterocycles. The third-order valence-corrected chi connectivity index (χ3v) is 4.12. The molecule has 2 heterocycles. The average molecular weight is 357 g/mol. The fourth-order valence-corrected chi connectivity index (χ4v) is 3.02. The normalized spacial score (nSPS) is 12.3. The Labute approximate surface area is 144 Å². The molecule has 3 rings (SSSR count). The van der Waals surface area contributed by atoms with Crippen LogP contribution in [0.15, 0.2) is 48.8 Å². The van der Waals surface area contributed by atoms with Crippen LogP contribution in [-0.2, 0) is 14.8 Å². The number of aliphatic carboxylic acids is 1. The van der Waals surface area contributed by atoms with Gasteiger partial charge in [0.1, 0.15) is 5.65 Å². The van der Waals surface area contributed by atoms with Crippen LogP contribution in [0.2, 0.25) is 0 Å². The molecule has 128 valence electrons. The van der Waals surface area contributed by atoms with E-state index in [0.717, 1.165) is 11.6 Å². The van der Waals surface area contributed by atoms with Gasteiger partial charge in [0, 0.05) is 29.0 Å². The summed E-state index contributed by atoms with van der Waals surface area (Å²) in [7, 11) is -3.38. The highest BCUT2D eigenvalue weighted by Crippen LogP contribution is 2.24. The second-order valence-corrected chi connectivity index (χ2v) is 7.21. The van der Waals surface area contributed by atoms with Crippen molar-refractivity contribution in [3.63, 3.8) is 0 Å². The largest absolute Gasteiger partial charge is 0.478 e.